The second-order valence-electron chi connectivity index (χ2n) is 5.87. The lowest BCUT2D eigenvalue weighted by molar-refractivity contribution is -0.190. The minimum atomic E-state index is -4.34. The fraction of sp³-hybridized carbons (Fsp3) is 0.833. The van der Waals surface area contributed by atoms with Crippen molar-refractivity contribution in [2.45, 2.75) is 57.9 Å². The molecule has 4 nitrogen and oxygen atoms in total. The highest BCUT2D eigenvalue weighted by atomic mass is 19.4. The van der Waals surface area contributed by atoms with E-state index in [-0.39, 0.29) is 12.8 Å². The molecule has 0 aromatic rings. The van der Waals surface area contributed by atoms with Gasteiger partial charge >= 0.3 is 12.3 Å². The summed E-state index contributed by atoms with van der Waals surface area (Å²) >= 11 is 0. The predicted octanol–water partition coefficient (Wildman–Crippen LogP) is 2.81. The van der Waals surface area contributed by atoms with Crippen LogP contribution in [0.4, 0.5) is 18.0 Å². The monoisotopic (exact) mass is 281 g/mol. The third kappa shape index (κ3) is 4.40. The van der Waals surface area contributed by atoms with Crippen LogP contribution in [0.25, 0.3) is 0 Å². The standard InChI is InChI=1S/C12H18F3NO3/c1-10(2,3)19-9(18)16-8(7-17)6-11(4-5-11)12(13,14)15/h7-8H,4-6H2,1-3H3,(H,16,18). The Morgan fingerprint density at radius 2 is 1.89 bits per heavy atom. The maximum absolute atomic E-state index is 12.7. The molecule has 0 aliphatic heterocycles. The Hall–Kier alpha value is -1.27. The number of ether oxygens (including phenoxy) is 1. The highest BCUT2D eigenvalue weighted by molar-refractivity contribution is 5.73. The van der Waals surface area contributed by atoms with Crippen LogP contribution < -0.4 is 5.32 Å². The highest BCUT2D eigenvalue weighted by Crippen LogP contribution is 2.60. The number of amides is 1. The Morgan fingerprint density at radius 3 is 2.21 bits per heavy atom. The number of halogens is 3. The molecule has 0 aromatic carbocycles. The van der Waals surface area contributed by atoms with Gasteiger partial charge in [-0.15, -0.1) is 0 Å². The third-order valence-corrected chi connectivity index (χ3v) is 2.93. The summed E-state index contributed by atoms with van der Waals surface area (Å²) in [5.74, 6) is 0. The van der Waals surface area contributed by atoms with E-state index in [1.165, 1.54) is 0 Å². The molecule has 1 fully saturated rings. The highest BCUT2D eigenvalue weighted by Gasteiger charge is 2.63. The van der Waals surface area contributed by atoms with E-state index in [0.717, 1.165) is 0 Å². The SMILES string of the molecule is CC(C)(C)OC(=O)NC(C=O)CC1(C(F)(F)F)CC1. The second-order valence-corrected chi connectivity index (χ2v) is 5.87. The van der Waals surface area contributed by atoms with Gasteiger partial charge in [0.05, 0.1) is 11.5 Å². The first-order valence-corrected chi connectivity index (χ1v) is 6.01. The molecule has 1 amide bonds. The summed E-state index contributed by atoms with van der Waals surface area (Å²) in [5.41, 5.74) is -2.59. The Labute approximate surface area is 109 Å². The number of hydrogen-bond acceptors (Lipinski definition) is 3. The largest absolute Gasteiger partial charge is 0.444 e. The molecule has 1 aliphatic carbocycles. The normalized spacial score (nSPS) is 19.5. The maximum atomic E-state index is 12.7. The van der Waals surface area contributed by atoms with Crippen molar-refractivity contribution in [3.05, 3.63) is 0 Å². The number of alkyl carbamates (subject to hydrolysis) is 1. The van der Waals surface area contributed by atoms with Crippen LogP contribution in [0.1, 0.15) is 40.0 Å². The lowest BCUT2D eigenvalue weighted by Gasteiger charge is -2.25. The van der Waals surface area contributed by atoms with Gasteiger partial charge in [0.1, 0.15) is 11.9 Å². The zero-order valence-electron chi connectivity index (χ0n) is 11.1. The molecule has 1 aliphatic rings. The molecule has 7 heteroatoms. The molecular formula is C12H18F3NO3. The summed E-state index contributed by atoms with van der Waals surface area (Å²) in [6, 6.07) is -1.18. The van der Waals surface area contributed by atoms with Crippen molar-refractivity contribution < 1.29 is 27.5 Å². The van der Waals surface area contributed by atoms with Crippen LogP contribution in [0.15, 0.2) is 0 Å². The molecule has 110 valence electrons. The smallest absolute Gasteiger partial charge is 0.408 e. The van der Waals surface area contributed by atoms with Crippen molar-refractivity contribution in [1.82, 2.24) is 5.32 Å². The summed E-state index contributed by atoms with van der Waals surface area (Å²) in [4.78, 5) is 22.2. The third-order valence-electron chi connectivity index (χ3n) is 2.93. The van der Waals surface area contributed by atoms with Crippen LogP contribution in [-0.2, 0) is 9.53 Å². The average molecular weight is 281 g/mol. The Balaban J connectivity index is 2.56. The zero-order chi connectivity index (χ0) is 14.9. The summed E-state index contributed by atoms with van der Waals surface area (Å²) in [6.45, 7) is 4.88. The summed E-state index contributed by atoms with van der Waals surface area (Å²) in [7, 11) is 0. The van der Waals surface area contributed by atoms with Crippen molar-refractivity contribution in [1.29, 1.82) is 0 Å². The second kappa shape index (κ2) is 5.02. The van der Waals surface area contributed by atoms with Gasteiger partial charge in [0.2, 0.25) is 0 Å². The maximum Gasteiger partial charge on any atom is 0.408 e. The van der Waals surface area contributed by atoms with E-state index < -0.39 is 35.7 Å². The van der Waals surface area contributed by atoms with Crippen molar-refractivity contribution in [3.63, 3.8) is 0 Å². The summed E-state index contributed by atoms with van der Waals surface area (Å²) < 4.78 is 43.1. The number of hydrogen-bond donors (Lipinski definition) is 1. The van der Waals surface area contributed by atoms with Gasteiger partial charge < -0.3 is 14.8 Å². The molecule has 0 aromatic heterocycles. The number of aldehydes is 1. The molecule has 0 spiro atoms. The van der Waals surface area contributed by atoms with Crippen LogP contribution in [0.2, 0.25) is 0 Å². The van der Waals surface area contributed by atoms with E-state index >= 15 is 0 Å². The van der Waals surface area contributed by atoms with Crippen molar-refractivity contribution in [2.24, 2.45) is 5.41 Å². The molecule has 0 heterocycles. The van der Waals surface area contributed by atoms with E-state index in [1.807, 2.05) is 0 Å². The summed E-state index contributed by atoms with van der Waals surface area (Å²) in [5, 5.41) is 2.16. The Bertz CT molecular complexity index is 356. The number of carbonyl (C=O) groups is 2. The van der Waals surface area contributed by atoms with Gasteiger partial charge in [0, 0.05) is 0 Å². The molecule has 1 saturated carbocycles. The first-order valence-electron chi connectivity index (χ1n) is 6.01. The van der Waals surface area contributed by atoms with E-state index in [4.69, 9.17) is 4.74 Å². The lowest BCUT2D eigenvalue weighted by atomic mass is 9.97. The van der Waals surface area contributed by atoms with E-state index in [1.54, 1.807) is 20.8 Å². The van der Waals surface area contributed by atoms with E-state index in [9.17, 15) is 22.8 Å². The first kappa shape index (κ1) is 15.8. The van der Waals surface area contributed by atoms with Crippen LogP contribution in [0.5, 0.6) is 0 Å². The first-order chi connectivity index (χ1) is 8.49. The molecule has 0 saturated heterocycles. The molecule has 0 bridgehead atoms. The Kier molecular flexibility index (Phi) is 4.17. The molecule has 19 heavy (non-hydrogen) atoms. The number of alkyl halides is 3. The van der Waals surface area contributed by atoms with Gasteiger partial charge in [0.15, 0.2) is 0 Å². The molecule has 0 radical (unpaired) electrons. The van der Waals surface area contributed by atoms with Crippen LogP contribution >= 0.6 is 0 Å². The molecule has 1 rings (SSSR count). The number of carbonyl (C=O) groups excluding carboxylic acids is 2. The van der Waals surface area contributed by atoms with Gasteiger partial charge in [-0.2, -0.15) is 13.2 Å². The Morgan fingerprint density at radius 1 is 1.37 bits per heavy atom. The van der Waals surface area contributed by atoms with Gasteiger partial charge in [-0.25, -0.2) is 4.79 Å². The zero-order valence-corrected chi connectivity index (χ0v) is 11.1. The van der Waals surface area contributed by atoms with Crippen LogP contribution in [0, 0.1) is 5.41 Å². The van der Waals surface area contributed by atoms with Gasteiger partial charge in [-0.3, -0.25) is 0 Å². The average Bonchev–Trinajstić information content (AvgIpc) is 2.93. The molecule has 1 N–H and O–H groups in total. The topological polar surface area (TPSA) is 55.4 Å². The van der Waals surface area contributed by atoms with Crippen molar-refractivity contribution in [3.8, 4) is 0 Å². The van der Waals surface area contributed by atoms with Crippen LogP contribution in [0.3, 0.4) is 0 Å². The summed E-state index contributed by atoms with van der Waals surface area (Å²) in [6.07, 6.45) is -5.35. The predicted molar refractivity (Wildman–Crippen MR) is 61.6 cm³/mol. The number of nitrogens with one attached hydrogen (secondary N) is 1. The number of rotatable bonds is 4. The van der Waals surface area contributed by atoms with E-state index in [2.05, 4.69) is 5.32 Å². The molecule has 1 atom stereocenters. The fourth-order valence-electron chi connectivity index (χ4n) is 1.77. The van der Waals surface area contributed by atoms with Crippen molar-refractivity contribution in [2.75, 3.05) is 0 Å². The minimum absolute atomic E-state index is 0.00314. The van der Waals surface area contributed by atoms with Crippen LogP contribution in [-0.4, -0.2) is 30.2 Å². The van der Waals surface area contributed by atoms with Crippen molar-refractivity contribution >= 4 is 12.4 Å². The van der Waals surface area contributed by atoms with Gasteiger partial charge in [-0.05, 0) is 40.0 Å². The lowest BCUT2D eigenvalue weighted by Crippen LogP contribution is -2.43. The van der Waals surface area contributed by atoms with E-state index in [0.29, 0.717) is 6.29 Å². The van der Waals surface area contributed by atoms with Gasteiger partial charge in [0.25, 0.3) is 0 Å². The molecule has 1 unspecified atom stereocenters. The van der Waals surface area contributed by atoms with Gasteiger partial charge in [-0.1, -0.05) is 0 Å². The fourth-order valence-corrected chi connectivity index (χ4v) is 1.77. The molecular weight excluding hydrogens is 263 g/mol. The minimum Gasteiger partial charge on any atom is -0.444 e. The quantitative estimate of drug-likeness (QED) is 0.806.